The van der Waals surface area contributed by atoms with Crippen LogP contribution in [-0.2, 0) is 9.59 Å². The molecule has 144 valence electrons. The molecule has 1 aromatic rings. The molecule has 0 aliphatic carbocycles. The SMILES string of the molecule is CC(=O)N(CCC(=O)N1CCN(c2cccc(C)c2C)CC1)C(C)(C)C. The number of nitrogens with zero attached hydrogens (tertiary/aromatic N) is 3. The summed E-state index contributed by atoms with van der Waals surface area (Å²) in [6.07, 6.45) is 0.389. The quantitative estimate of drug-likeness (QED) is 0.830. The van der Waals surface area contributed by atoms with Crippen LogP contribution in [0, 0.1) is 13.8 Å². The first kappa shape index (κ1) is 20.3. The largest absolute Gasteiger partial charge is 0.368 e. The van der Waals surface area contributed by atoms with Gasteiger partial charge >= 0.3 is 0 Å². The molecular weight excluding hydrogens is 326 g/mol. The summed E-state index contributed by atoms with van der Waals surface area (Å²) >= 11 is 0. The first-order chi connectivity index (χ1) is 12.1. The van der Waals surface area contributed by atoms with Crippen molar-refractivity contribution >= 4 is 17.5 Å². The topological polar surface area (TPSA) is 43.9 Å². The van der Waals surface area contributed by atoms with Gasteiger partial charge in [0.05, 0.1) is 0 Å². The van der Waals surface area contributed by atoms with Crippen molar-refractivity contribution in [2.75, 3.05) is 37.6 Å². The van der Waals surface area contributed by atoms with Gasteiger partial charge in [-0.05, 0) is 51.8 Å². The van der Waals surface area contributed by atoms with Gasteiger partial charge in [-0.25, -0.2) is 0 Å². The summed E-state index contributed by atoms with van der Waals surface area (Å²) in [6.45, 7) is 15.5. The molecule has 0 unspecified atom stereocenters. The third-order valence-corrected chi connectivity index (χ3v) is 5.29. The second-order valence-electron chi connectivity index (χ2n) is 8.18. The molecule has 1 fully saturated rings. The zero-order valence-corrected chi connectivity index (χ0v) is 17.1. The molecule has 2 rings (SSSR count). The number of piperazine rings is 1. The summed E-state index contributed by atoms with van der Waals surface area (Å²) < 4.78 is 0. The summed E-state index contributed by atoms with van der Waals surface area (Å²) in [4.78, 5) is 30.5. The van der Waals surface area contributed by atoms with Gasteiger partial charge in [-0.1, -0.05) is 12.1 Å². The number of rotatable bonds is 4. The summed E-state index contributed by atoms with van der Waals surface area (Å²) in [7, 11) is 0. The summed E-state index contributed by atoms with van der Waals surface area (Å²) in [5, 5.41) is 0. The number of carbonyl (C=O) groups excluding carboxylic acids is 2. The first-order valence-corrected chi connectivity index (χ1v) is 9.48. The normalized spacial score (nSPS) is 15.2. The Morgan fingerprint density at radius 3 is 2.23 bits per heavy atom. The molecule has 1 saturated heterocycles. The van der Waals surface area contributed by atoms with E-state index in [0.717, 1.165) is 26.2 Å². The van der Waals surface area contributed by atoms with Crippen LogP contribution in [0.3, 0.4) is 0 Å². The van der Waals surface area contributed by atoms with E-state index in [0.29, 0.717) is 13.0 Å². The predicted molar refractivity (Wildman–Crippen MR) is 106 cm³/mol. The van der Waals surface area contributed by atoms with Crippen molar-refractivity contribution in [2.45, 2.75) is 53.5 Å². The number of anilines is 1. The monoisotopic (exact) mass is 359 g/mol. The van der Waals surface area contributed by atoms with Crippen LogP contribution >= 0.6 is 0 Å². The fourth-order valence-corrected chi connectivity index (χ4v) is 3.61. The smallest absolute Gasteiger partial charge is 0.224 e. The fraction of sp³-hybridized carbons (Fsp3) is 0.619. The minimum Gasteiger partial charge on any atom is -0.368 e. The molecule has 0 bridgehead atoms. The number of amides is 2. The molecule has 0 N–H and O–H groups in total. The van der Waals surface area contributed by atoms with E-state index in [1.54, 1.807) is 11.8 Å². The maximum absolute atomic E-state index is 12.6. The lowest BCUT2D eigenvalue weighted by Gasteiger charge is -2.38. The van der Waals surface area contributed by atoms with E-state index in [1.165, 1.54) is 16.8 Å². The molecule has 1 heterocycles. The standard InChI is InChI=1S/C21H33N3O2/c1-16-8-7-9-19(17(16)2)22-12-14-23(15-13-22)20(26)10-11-24(18(3)25)21(4,5)6/h7-9H,10-15H2,1-6H3. The van der Waals surface area contributed by atoms with Gasteiger partial charge in [0.15, 0.2) is 0 Å². The summed E-state index contributed by atoms with van der Waals surface area (Å²) in [5.74, 6) is 0.158. The Morgan fingerprint density at radius 2 is 1.69 bits per heavy atom. The van der Waals surface area contributed by atoms with E-state index >= 15 is 0 Å². The number of benzene rings is 1. The van der Waals surface area contributed by atoms with E-state index < -0.39 is 0 Å². The van der Waals surface area contributed by atoms with E-state index in [-0.39, 0.29) is 17.4 Å². The lowest BCUT2D eigenvalue weighted by atomic mass is 10.1. The van der Waals surface area contributed by atoms with E-state index in [9.17, 15) is 9.59 Å². The van der Waals surface area contributed by atoms with Crippen LogP contribution in [0.1, 0.15) is 45.2 Å². The van der Waals surface area contributed by atoms with Crippen molar-refractivity contribution in [3.05, 3.63) is 29.3 Å². The van der Waals surface area contributed by atoms with E-state index in [4.69, 9.17) is 0 Å². The van der Waals surface area contributed by atoms with Gasteiger partial charge in [-0.15, -0.1) is 0 Å². The molecule has 0 aromatic heterocycles. The Morgan fingerprint density at radius 1 is 1.08 bits per heavy atom. The highest BCUT2D eigenvalue weighted by atomic mass is 16.2. The minimum atomic E-state index is -0.256. The van der Waals surface area contributed by atoms with Gasteiger partial charge in [0.25, 0.3) is 0 Å². The van der Waals surface area contributed by atoms with Crippen LogP contribution in [0.15, 0.2) is 18.2 Å². The Labute approximate surface area is 158 Å². The van der Waals surface area contributed by atoms with Crippen molar-refractivity contribution in [3.8, 4) is 0 Å². The second kappa shape index (κ2) is 8.11. The van der Waals surface area contributed by atoms with Gasteiger partial charge < -0.3 is 14.7 Å². The molecule has 1 aliphatic heterocycles. The van der Waals surface area contributed by atoms with E-state index in [1.807, 2.05) is 25.7 Å². The highest BCUT2D eigenvalue weighted by molar-refractivity contribution is 5.78. The third kappa shape index (κ3) is 4.77. The predicted octanol–water partition coefficient (Wildman–Crippen LogP) is 2.99. The van der Waals surface area contributed by atoms with Gasteiger partial charge in [-0.3, -0.25) is 9.59 Å². The molecule has 0 saturated carbocycles. The van der Waals surface area contributed by atoms with Crippen LogP contribution in [0.25, 0.3) is 0 Å². The van der Waals surface area contributed by atoms with Crippen LogP contribution in [0.4, 0.5) is 5.69 Å². The van der Waals surface area contributed by atoms with Gasteiger partial charge in [0, 0.05) is 57.3 Å². The van der Waals surface area contributed by atoms with Crippen LogP contribution in [-0.4, -0.2) is 59.9 Å². The van der Waals surface area contributed by atoms with Crippen molar-refractivity contribution in [1.82, 2.24) is 9.80 Å². The molecule has 5 heteroatoms. The lowest BCUT2D eigenvalue weighted by Crippen LogP contribution is -2.50. The molecule has 0 atom stereocenters. The van der Waals surface area contributed by atoms with Gasteiger partial charge in [0.1, 0.15) is 0 Å². The molecule has 1 aromatic carbocycles. The van der Waals surface area contributed by atoms with E-state index in [2.05, 4.69) is 36.9 Å². The summed E-state index contributed by atoms with van der Waals surface area (Å²) in [5.41, 5.74) is 3.63. The molecule has 5 nitrogen and oxygen atoms in total. The molecule has 2 amide bonds. The lowest BCUT2D eigenvalue weighted by molar-refractivity contribution is -0.136. The molecule has 0 spiro atoms. The van der Waals surface area contributed by atoms with Crippen LogP contribution < -0.4 is 4.90 Å². The van der Waals surface area contributed by atoms with Crippen molar-refractivity contribution in [2.24, 2.45) is 0 Å². The average molecular weight is 360 g/mol. The van der Waals surface area contributed by atoms with Crippen molar-refractivity contribution in [3.63, 3.8) is 0 Å². The molecular formula is C21H33N3O2. The summed E-state index contributed by atoms with van der Waals surface area (Å²) in [6, 6.07) is 6.39. The number of hydrogen-bond acceptors (Lipinski definition) is 3. The molecule has 0 radical (unpaired) electrons. The maximum Gasteiger partial charge on any atom is 0.224 e. The number of aryl methyl sites for hydroxylation is 1. The molecule has 1 aliphatic rings. The Balaban J connectivity index is 1.90. The minimum absolute atomic E-state index is 0.0186. The Hall–Kier alpha value is -2.04. The van der Waals surface area contributed by atoms with Crippen LogP contribution in [0.5, 0.6) is 0 Å². The zero-order valence-electron chi connectivity index (χ0n) is 17.1. The average Bonchev–Trinajstić information content (AvgIpc) is 2.56. The number of hydrogen-bond donors (Lipinski definition) is 0. The Kier molecular flexibility index (Phi) is 6.32. The maximum atomic E-state index is 12.6. The highest BCUT2D eigenvalue weighted by Gasteiger charge is 2.26. The fourth-order valence-electron chi connectivity index (χ4n) is 3.61. The third-order valence-electron chi connectivity index (χ3n) is 5.29. The Bertz CT molecular complexity index is 656. The van der Waals surface area contributed by atoms with Crippen molar-refractivity contribution < 1.29 is 9.59 Å². The highest BCUT2D eigenvalue weighted by Crippen LogP contribution is 2.24. The molecule has 26 heavy (non-hydrogen) atoms. The van der Waals surface area contributed by atoms with Crippen LogP contribution in [0.2, 0.25) is 0 Å². The zero-order chi connectivity index (χ0) is 19.5. The van der Waals surface area contributed by atoms with Crippen molar-refractivity contribution in [1.29, 1.82) is 0 Å². The first-order valence-electron chi connectivity index (χ1n) is 9.48. The van der Waals surface area contributed by atoms with Gasteiger partial charge in [0.2, 0.25) is 11.8 Å². The number of carbonyl (C=O) groups is 2. The van der Waals surface area contributed by atoms with Gasteiger partial charge in [-0.2, -0.15) is 0 Å². The second-order valence-corrected chi connectivity index (χ2v) is 8.18.